The van der Waals surface area contributed by atoms with Crippen LogP contribution in [0.2, 0.25) is 0 Å². The summed E-state index contributed by atoms with van der Waals surface area (Å²) in [6.45, 7) is 3.64. The molecular weight excluding hydrogens is 252 g/mol. The fourth-order valence-corrected chi connectivity index (χ4v) is 2.90. The monoisotopic (exact) mass is 272 g/mol. The molecule has 0 heterocycles. The number of methoxy groups -OCH3 is 2. The Labute approximate surface area is 109 Å². The molecule has 0 atom stereocenters. The van der Waals surface area contributed by atoms with E-state index in [1.54, 1.807) is 31.2 Å². The molecule has 0 aliphatic heterocycles. The van der Waals surface area contributed by atoms with Gasteiger partial charge in [0.2, 0.25) is 0 Å². The fraction of sp³-hybridized carbons (Fsp3) is 0.538. The lowest BCUT2D eigenvalue weighted by Gasteiger charge is -2.26. The second-order valence-corrected chi connectivity index (χ2v) is 6.53. The van der Waals surface area contributed by atoms with E-state index < -0.39 is 15.6 Å². The third kappa shape index (κ3) is 3.80. The average molecular weight is 272 g/mol. The highest BCUT2D eigenvalue weighted by Gasteiger charge is 2.26. The molecule has 102 valence electrons. The van der Waals surface area contributed by atoms with E-state index in [9.17, 15) is 8.42 Å². The number of hydrogen-bond acceptors (Lipinski definition) is 4. The van der Waals surface area contributed by atoms with E-state index >= 15 is 0 Å². The van der Waals surface area contributed by atoms with Crippen molar-refractivity contribution in [3.8, 4) is 0 Å². The molecule has 0 saturated carbocycles. The largest absolute Gasteiger partial charge is 0.353 e. The first-order valence-corrected chi connectivity index (χ1v) is 7.38. The van der Waals surface area contributed by atoms with Crippen molar-refractivity contribution < 1.29 is 17.9 Å². The predicted octanol–water partition coefficient (Wildman–Crippen LogP) is 2.17. The minimum Gasteiger partial charge on any atom is -0.353 e. The van der Waals surface area contributed by atoms with Crippen LogP contribution in [0.4, 0.5) is 0 Å². The van der Waals surface area contributed by atoms with Gasteiger partial charge < -0.3 is 9.47 Å². The smallest absolute Gasteiger partial charge is 0.178 e. The first kappa shape index (κ1) is 15.1. The second-order valence-electron chi connectivity index (χ2n) is 4.42. The zero-order valence-electron chi connectivity index (χ0n) is 11.3. The van der Waals surface area contributed by atoms with E-state index in [1.165, 1.54) is 14.2 Å². The van der Waals surface area contributed by atoms with Crippen molar-refractivity contribution in [3.05, 3.63) is 29.8 Å². The van der Waals surface area contributed by atoms with Gasteiger partial charge in [-0.15, -0.1) is 0 Å². The Balaban J connectivity index is 2.80. The summed E-state index contributed by atoms with van der Waals surface area (Å²) in [5.74, 6) is -0.869. The third-order valence-corrected chi connectivity index (χ3v) is 4.80. The Morgan fingerprint density at radius 3 is 2.06 bits per heavy atom. The Bertz CT molecular complexity index is 472. The van der Waals surface area contributed by atoms with Gasteiger partial charge in [-0.25, -0.2) is 8.42 Å². The van der Waals surface area contributed by atoms with E-state index in [0.717, 1.165) is 5.56 Å². The van der Waals surface area contributed by atoms with Crippen LogP contribution in [0.1, 0.15) is 18.9 Å². The van der Waals surface area contributed by atoms with Gasteiger partial charge in [-0.1, -0.05) is 17.7 Å². The number of aryl methyl sites for hydroxylation is 1. The van der Waals surface area contributed by atoms with E-state index in [0.29, 0.717) is 4.90 Å². The van der Waals surface area contributed by atoms with Crippen molar-refractivity contribution in [3.63, 3.8) is 0 Å². The molecule has 18 heavy (non-hydrogen) atoms. The molecule has 0 bridgehead atoms. The molecule has 0 aliphatic rings. The molecular formula is C13H20O4S. The Kier molecular flexibility index (Phi) is 4.90. The van der Waals surface area contributed by atoms with Gasteiger partial charge in [-0.2, -0.15) is 0 Å². The predicted molar refractivity (Wildman–Crippen MR) is 70.3 cm³/mol. The molecule has 0 unspecified atom stereocenters. The Hall–Kier alpha value is -0.910. The number of ether oxygens (including phenoxy) is 2. The van der Waals surface area contributed by atoms with Gasteiger partial charge in [0, 0.05) is 20.6 Å². The SMILES string of the molecule is COC(C)(CCS(=O)(=O)c1ccc(C)cc1)OC. The highest BCUT2D eigenvalue weighted by Crippen LogP contribution is 2.20. The van der Waals surface area contributed by atoms with Crippen molar-refractivity contribution in [2.24, 2.45) is 0 Å². The second kappa shape index (κ2) is 5.82. The van der Waals surface area contributed by atoms with Crippen LogP contribution in [0.25, 0.3) is 0 Å². The molecule has 0 spiro atoms. The minimum absolute atomic E-state index is 0.00571. The maximum Gasteiger partial charge on any atom is 0.178 e. The van der Waals surface area contributed by atoms with Crippen molar-refractivity contribution in [2.45, 2.75) is 31.0 Å². The molecule has 0 fully saturated rings. The highest BCUT2D eigenvalue weighted by atomic mass is 32.2. The lowest BCUT2D eigenvalue weighted by Crippen LogP contribution is -2.32. The summed E-state index contributed by atoms with van der Waals surface area (Å²) in [6, 6.07) is 6.83. The topological polar surface area (TPSA) is 52.6 Å². The molecule has 1 rings (SSSR count). The van der Waals surface area contributed by atoms with E-state index in [1.807, 2.05) is 6.92 Å². The van der Waals surface area contributed by atoms with Gasteiger partial charge in [-0.05, 0) is 26.0 Å². The van der Waals surface area contributed by atoms with Crippen molar-refractivity contribution >= 4 is 9.84 Å². The zero-order valence-corrected chi connectivity index (χ0v) is 12.1. The van der Waals surface area contributed by atoms with Crippen molar-refractivity contribution in [1.29, 1.82) is 0 Å². The Morgan fingerprint density at radius 2 is 1.61 bits per heavy atom. The summed E-state index contributed by atoms with van der Waals surface area (Å²) in [5, 5.41) is 0. The highest BCUT2D eigenvalue weighted by molar-refractivity contribution is 7.91. The van der Waals surface area contributed by atoms with Crippen LogP contribution in [0, 0.1) is 6.92 Å². The average Bonchev–Trinajstić information content (AvgIpc) is 2.37. The van der Waals surface area contributed by atoms with Crippen LogP contribution >= 0.6 is 0 Å². The normalized spacial score (nSPS) is 12.7. The standard InChI is InChI=1S/C13H20O4S/c1-11-5-7-12(8-6-11)18(14,15)10-9-13(2,16-3)17-4/h5-8H,9-10H2,1-4H3. The Morgan fingerprint density at radius 1 is 1.11 bits per heavy atom. The molecule has 1 aromatic rings. The van der Waals surface area contributed by atoms with E-state index in [4.69, 9.17) is 9.47 Å². The molecule has 0 N–H and O–H groups in total. The van der Waals surface area contributed by atoms with Crippen LogP contribution in [-0.2, 0) is 19.3 Å². The fourth-order valence-electron chi connectivity index (χ4n) is 1.47. The summed E-state index contributed by atoms with van der Waals surface area (Å²) in [6.07, 6.45) is 0.288. The van der Waals surface area contributed by atoms with Crippen LogP contribution in [0.15, 0.2) is 29.2 Å². The number of sulfone groups is 1. The quantitative estimate of drug-likeness (QED) is 0.745. The van der Waals surface area contributed by atoms with Gasteiger partial charge in [0.25, 0.3) is 0 Å². The van der Waals surface area contributed by atoms with Crippen LogP contribution in [0.5, 0.6) is 0 Å². The lowest BCUT2D eigenvalue weighted by molar-refractivity contribution is -0.193. The third-order valence-electron chi connectivity index (χ3n) is 3.07. The van der Waals surface area contributed by atoms with Gasteiger partial charge in [0.15, 0.2) is 15.6 Å². The van der Waals surface area contributed by atoms with Crippen LogP contribution in [-0.4, -0.2) is 34.2 Å². The molecule has 1 aromatic carbocycles. The van der Waals surface area contributed by atoms with Crippen molar-refractivity contribution in [2.75, 3.05) is 20.0 Å². The minimum atomic E-state index is -3.29. The van der Waals surface area contributed by atoms with Crippen molar-refractivity contribution in [1.82, 2.24) is 0 Å². The molecule has 0 aliphatic carbocycles. The summed E-state index contributed by atoms with van der Waals surface area (Å²) >= 11 is 0. The van der Waals surface area contributed by atoms with Gasteiger partial charge in [-0.3, -0.25) is 0 Å². The molecule has 0 radical (unpaired) electrons. The first-order valence-electron chi connectivity index (χ1n) is 5.73. The number of rotatable bonds is 6. The summed E-state index contributed by atoms with van der Waals surface area (Å²) in [7, 11) is -0.286. The molecule has 0 amide bonds. The number of hydrogen-bond donors (Lipinski definition) is 0. The maximum absolute atomic E-state index is 12.1. The number of benzene rings is 1. The summed E-state index contributed by atoms with van der Waals surface area (Å²) in [5.41, 5.74) is 1.03. The molecule has 5 heteroatoms. The van der Waals surface area contributed by atoms with Crippen LogP contribution < -0.4 is 0 Å². The van der Waals surface area contributed by atoms with E-state index in [-0.39, 0.29) is 12.2 Å². The molecule has 0 saturated heterocycles. The van der Waals surface area contributed by atoms with Gasteiger partial charge >= 0.3 is 0 Å². The van der Waals surface area contributed by atoms with E-state index in [2.05, 4.69) is 0 Å². The maximum atomic E-state index is 12.1. The zero-order chi connectivity index (χ0) is 13.8. The molecule has 0 aromatic heterocycles. The van der Waals surface area contributed by atoms with Gasteiger partial charge in [0.1, 0.15) is 0 Å². The summed E-state index contributed by atoms with van der Waals surface area (Å²) in [4.78, 5) is 0.336. The van der Waals surface area contributed by atoms with Crippen LogP contribution in [0.3, 0.4) is 0 Å². The molecule has 4 nitrogen and oxygen atoms in total. The lowest BCUT2D eigenvalue weighted by atomic mass is 10.2. The van der Waals surface area contributed by atoms with Gasteiger partial charge in [0.05, 0.1) is 10.6 Å². The summed E-state index contributed by atoms with van der Waals surface area (Å²) < 4.78 is 34.5. The first-order chi connectivity index (χ1) is 8.33.